The molecule has 4 nitrogen and oxygen atoms in total. The summed E-state index contributed by atoms with van der Waals surface area (Å²) >= 11 is 11.4. The number of hydrogen-bond donors (Lipinski definition) is 1. The van der Waals surface area contributed by atoms with Gasteiger partial charge in [0, 0.05) is 6.42 Å². The number of aliphatic carboxylic acids is 1. The molecule has 0 aliphatic carbocycles. The largest absolute Gasteiger partial charge is 0.481 e. The number of benzene rings is 1. The van der Waals surface area contributed by atoms with Crippen molar-refractivity contribution >= 4 is 39.0 Å². The Balaban J connectivity index is 2.68. The molecule has 0 unspecified atom stereocenters. The quantitative estimate of drug-likeness (QED) is 0.820. The normalized spacial score (nSPS) is 11.4. The molecule has 0 saturated carbocycles. The molecule has 0 saturated heterocycles. The van der Waals surface area contributed by atoms with Crippen molar-refractivity contribution in [2.24, 2.45) is 0 Å². The number of rotatable bonds is 6. The molecule has 0 fully saturated rings. The highest BCUT2D eigenvalue weighted by atomic mass is 35.5. The van der Waals surface area contributed by atoms with Crippen molar-refractivity contribution in [1.82, 2.24) is 0 Å². The predicted molar refractivity (Wildman–Crippen MR) is 70.0 cm³/mol. The first kappa shape index (κ1) is 15.3. The van der Waals surface area contributed by atoms with Crippen molar-refractivity contribution in [3.63, 3.8) is 0 Å². The van der Waals surface area contributed by atoms with Gasteiger partial charge in [0.05, 0.1) is 20.7 Å². The van der Waals surface area contributed by atoms with Gasteiger partial charge in [0.15, 0.2) is 9.84 Å². The van der Waals surface area contributed by atoms with Crippen molar-refractivity contribution in [3.05, 3.63) is 28.2 Å². The molecule has 0 atom stereocenters. The molecule has 0 heterocycles. The molecule has 0 radical (unpaired) electrons. The summed E-state index contributed by atoms with van der Waals surface area (Å²) in [5.74, 6) is -1.03. The zero-order valence-electron chi connectivity index (χ0n) is 9.40. The Kier molecular flexibility index (Phi) is 5.44. The first-order valence-corrected chi connectivity index (χ1v) is 7.63. The highest BCUT2D eigenvalue weighted by molar-refractivity contribution is 7.91. The SMILES string of the molecule is O=C(O)CCCCS(=O)(=O)c1ccc(Cl)c(Cl)c1. The van der Waals surface area contributed by atoms with Crippen LogP contribution in [0.25, 0.3) is 0 Å². The summed E-state index contributed by atoms with van der Waals surface area (Å²) in [5, 5.41) is 8.92. The third-order valence-corrected chi connectivity index (χ3v) is 4.84. The van der Waals surface area contributed by atoms with Crippen molar-refractivity contribution in [2.45, 2.75) is 24.2 Å². The molecule has 7 heteroatoms. The van der Waals surface area contributed by atoms with Crippen LogP contribution in [-0.4, -0.2) is 25.2 Å². The van der Waals surface area contributed by atoms with Crippen LogP contribution in [0.5, 0.6) is 0 Å². The molecule has 0 amide bonds. The number of carbonyl (C=O) groups is 1. The summed E-state index contributed by atoms with van der Waals surface area (Å²) in [6.07, 6.45) is 0.599. The third kappa shape index (κ3) is 4.48. The van der Waals surface area contributed by atoms with E-state index in [9.17, 15) is 13.2 Å². The van der Waals surface area contributed by atoms with Gasteiger partial charge in [0.1, 0.15) is 0 Å². The zero-order valence-corrected chi connectivity index (χ0v) is 11.7. The lowest BCUT2D eigenvalue weighted by Gasteiger charge is -2.05. The number of carboxylic acid groups (broad SMARTS) is 1. The molecule has 0 bridgehead atoms. The fraction of sp³-hybridized carbons (Fsp3) is 0.364. The number of hydrogen-bond acceptors (Lipinski definition) is 3. The molecule has 18 heavy (non-hydrogen) atoms. The second-order valence-corrected chi connectivity index (χ2v) is 6.67. The topological polar surface area (TPSA) is 71.4 Å². The molecule has 0 spiro atoms. The maximum Gasteiger partial charge on any atom is 0.303 e. The summed E-state index contributed by atoms with van der Waals surface area (Å²) < 4.78 is 23.8. The second-order valence-electron chi connectivity index (χ2n) is 3.75. The van der Waals surface area contributed by atoms with Crippen LogP contribution in [0.3, 0.4) is 0 Å². The van der Waals surface area contributed by atoms with Crippen LogP contribution in [0.15, 0.2) is 23.1 Å². The van der Waals surface area contributed by atoms with E-state index in [-0.39, 0.29) is 22.1 Å². The van der Waals surface area contributed by atoms with Gasteiger partial charge in [-0.2, -0.15) is 0 Å². The first-order chi connectivity index (χ1) is 8.33. The van der Waals surface area contributed by atoms with E-state index in [1.54, 1.807) is 0 Å². The molecular weight excluding hydrogens is 299 g/mol. The van der Waals surface area contributed by atoms with Gasteiger partial charge in [0.2, 0.25) is 0 Å². The van der Waals surface area contributed by atoms with Gasteiger partial charge in [-0.25, -0.2) is 8.42 Å². The average Bonchev–Trinajstić information content (AvgIpc) is 2.28. The van der Waals surface area contributed by atoms with Crippen LogP contribution < -0.4 is 0 Å². The zero-order chi connectivity index (χ0) is 13.8. The summed E-state index contributed by atoms with van der Waals surface area (Å²) in [7, 11) is -3.43. The van der Waals surface area contributed by atoms with Crippen molar-refractivity contribution in [2.75, 3.05) is 5.75 Å². The second kappa shape index (κ2) is 6.41. The van der Waals surface area contributed by atoms with Crippen molar-refractivity contribution in [1.29, 1.82) is 0 Å². The summed E-state index contributed by atoms with van der Waals surface area (Å²) in [5.41, 5.74) is 0. The highest BCUT2D eigenvalue weighted by Crippen LogP contribution is 2.25. The van der Waals surface area contributed by atoms with Gasteiger partial charge in [-0.15, -0.1) is 0 Å². The Labute approximate surface area is 115 Å². The monoisotopic (exact) mass is 310 g/mol. The minimum absolute atomic E-state index is 0.0309. The summed E-state index contributed by atoms with van der Waals surface area (Å²) in [4.78, 5) is 10.4. The molecule has 1 aromatic carbocycles. The van der Waals surface area contributed by atoms with Gasteiger partial charge in [-0.3, -0.25) is 4.79 Å². The van der Waals surface area contributed by atoms with E-state index in [1.165, 1.54) is 18.2 Å². The molecule has 0 aromatic heterocycles. The van der Waals surface area contributed by atoms with Crippen molar-refractivity contribution < 1.29 is 18.3 Å². The molecule has 0 aliphatic rings. The fourth-order valence-electron chi connectivity index (χ4n) is 1.36. The van der Waals surface area contributed by atoms with E-state index in [1.807, 2.05) is 0 Å². The third-order valence-electron chi connectivity index (χ3n) is 2.30. The average molecular weight is 311 g/mol. The van der Waals surface area contributed by atoms with Crippen LogP contribution in [0.4, 0.5) is 0 Å². The van der Waals surface area contributed by atoms with Gasteiger partial charge in [-0.05, 0) is 31.0 Å². The number of carboxylic acids is 1. The molecule has 0 aliphatic heterocycles. The Morgan fingerprint density at radius 3 is 2.39 bits per heavy atom. The van der Waals surface area contributed by atoms with Gasteiger partial charge >= 0.3 is 5.97 Å². The predicted octanol–water partition coefficient (Wildman–Crippen LogP) is 3.02. The standard InChI is InChI=1S/C11H12Cl2O4S/c12-9-5-4-8(7-10(9)13)18(16,17)6-2-1-3-11(14)15/h4-5,7H,1-3,6H2,(H,14,15). The summed E-state index contributed by atoms with van der Waals surface area (Å²) in [6.45, 7) is 0. The smallest absolute Gasteiger partial charge is 0.303 e. The number of sulfone groups is 1. The summed E-state index contributed by atoms with van der Waals surface area (Å²) in [6, 6.07) is 4.12. The van der Waals surface area contributed by atoms with Gasteiger partial charge in [0.25, 0.3) is 0 Å². The van der Waals surface area contributed by atoms with E-state index >= 15 is 0 Å². The van der Waals surface area contributed by atoms with E-state index in [0.29, 0.717) is 17.9 Å². The molecule has 100 valence electrons. The van der Waals surface area contributed by atoms with E-state index in [2.05, 4.69) is 0 Å². The molecular formula is C11H12Cl2O4S. The molecule has 1 aromatic rings. The first-order valence-electron chi connectivity index (χ1n) is 5.22. The van der Waals surface area contributed by atoms with Gasteiger partial charge in [-0.1, -0.05) is 23.2 Å². The maximum absolute atomic E-state index is 11.9. The molecule has 1 rings (SSSR count). The van der Waals surface area contributed by atoms with E-state index in [0.717, 1.165) is 0 Å². The maximum atomic E-state index is 11.9. The lowest BCUT2D eigenvalue weighted by Crippen LogP contribution is -2.07. The number of unbranched alkanes of at least 4 members (excludes halogenated alkanes) is 1. The van der Waals surface area contributed by atoms with E-state index in [4.69, 9.17) is 28.3 Å². The highest BCUT2D eigenvalue weighted by Gasteiger charge is 2.15. The minimum atomic E-state index is -3.43. The van der Waals surface area contributed by atoms with Crippen LogP contribution in [-0.2, 0) is 14.6 Å². The Bertz CT molecular complexity index is 540. The lowest BCUT2D eigenvalue weighted by molar-refractivity contribution is -0.137. The van der Waals surface area contributed by atoms with Crippen LogP contribution in [0.1, 0.15) is 19.3 Å². The Hall–Kier alpha value is -0.780. The number of halogens is 2. The Morgan fingerprint density at radius 1 is 1.17 bits per heavy atom. The minimum Gasteiger partial charge on any atom is -0.481 e. The van der Waals surface area contributed by atoms with Crippen LogP contribution in [0.2, 0.25) is 10.0 Å². The van der Waals surface area contributed by atoms with Crippen LogP contribution >= 0.6 is 23.2 Å². The Morgan fingerprint density at radius 2 is 1.83 bits per heavy atom. The lowest BCUT2D eigenvalue weighted by atomic mass is 10.2. The fourth-order valence-corrected chi connectivity index (χ4v) is 3.11. The van der Waals surface area contributed by atoms with Gasteiger partial charge < -0.3 is 5.11 Å². The van der Waals surface area contributed by atoms with E-state index < -0.39 is 15.8 Å². The van der Waals surface area contributed by atoms with Crippen molar-refractivity contribution in [3.8, 4) is 0 Å². The molecule has 1 N–H and O–H groups in total. The van der Waals surface area contributed by atoms with Crippen LogP contribution in [0, 0.1) is 0 Å².